The highest BCUT2D eigenvalue weighted by Crippen LogP contribution is 2.26. The van der Waals surface area contributed by atoms with Crippen LogP contribution in [0.3, 0.4) is 0 Å². The fraction of sp³-hybridized carbons (Fsp3) is 0.333. The summed E-state index contributed by atoms with van der Waals surface area (Å²) in [6, 6.07) is 17.1. The van der Waals surface area contributed by atoms with Crippen molar-refractivity contribution < 1.29 is 9.59 Å². The third kappa shape index (κ3) is 5.20. The van der Waals surface area contributed by atoms with Crippen LogP contribution >= 0.6 is 11.8 Å². The highest BCUT2D eigenvalue weighted by molar-refractivity contribution is 8.00. The first-order valence-electron chi connectivity index (χ1n) is 8.84. The van der Waals surface area contributed by atoms with Crippen LogP contribution in [0.5, 0.6) is 0 Å². The third-order valence-electron chi connectivity index (χ3n) is 4.54. The number of rotatable bonds is 6. The summed E-state index contributed by atoms with van der Waals surface area (Å²) >= 11 is 1.50. The molecule has 0 spiro atoms. The minimum Gasteiger partial charge on any atom is -0.326 e. The molecular formula is C21H23NO2S. The molecule has 3 rings (SSSR count). The molecule has 0 bridgehead atoms. The minimum atomic E-state index is 0.113. The first-order valence-corrected chi connectivity index (χ1v) is 9.83. The van der Waals surface area contributed by atoms with Crippen LogP contribution in [-0.2, 0) is 4.79 Å². The lowest BCUT2D eigenvalue weighted by atomic mass is 9.88. The van der Waals surface area contributed by atoms with Crippen molar-refractivity contribution in [3.8, 4) is 0 Å². The molecule has 1 saturated carbocycles. The van der Waals surface area contributed by atoms with Crippen LogP contribution in [0, 0.1) is 5.92 Å². The van der Waals surface area contributed by atoms with Gasteiger partial charge in [0.15, 0.2) is 5.78 Å². The van der Waals surface area contributed by atoms with Crippen molar-refractivity contribution in [2.24, 2.45) is 5.92 Å². The van der Waals surface area contributed by atoms with Crippen LogP contribution in [0.2, 0.25) is 0 Å². The SMILES string of the molecule is O=C(CSc1cccc(NC(=O)C2CCCCC2)c1)c1ccccc1. The van der Waals surface area contributed by atoms with Crippen molar-refractivity contribution in [2.45, 2.75) is 37.0 Å². The lowest BCUT2D eigenvalue weighted by molar-refractivity contribution is -0.120. The van der Waals surface area contributed by atoms with Crippen LogP contribution in [0.1, 0.15) is 42.5 Å². The van der Waals surface area contributed by atoms with Crippen LogP contribution < -0.4 is 5.32 Å². The number of anilines is 1. The van der Waals surface area contributed by atoms with Gasteiger partial charge in [0, 0.05) is 22.1 Å². The summed E-state index contributed by atoms with van der Waals surface area (Å²) in [6.07, 6.45) is 5.52. The molecule has 0 atom stereocenters. The van der Waals surface area contributed by atoms with Crippen LogP contribution in [0.15, 0.2) is 59.5 Å². The lowest BCUT2D eigenvalue weighted by Gasteiger charge is -2.20. The van der Waals surface area contributed by atoms with Gasteiger partial charge in [-0.25, -0.2) is 0 Å². The second-order valence-electron chi connectivity index (χ2n) is 6.43. The molecule has 0 saturated heterocycles. The molecule has 0 aliphatic heterocycles. The van der Waals surface area contributed by atoms with E-state index in [1.54, 1.807) is 0 Å². The Kier molecular flexibility index (Phi) is 6.29. The van der Waals surface area contributed by atoms with Gasteiger partial charge in [-0.1, -0.05) is 55.7 Å². The number of hydrogen-bond donors (Lipinski definition) is 1. The minimum absolute atomic E-state index is 0.113. The molecule has 1 fully saturated rings. The van der Waals surface area contributed by atoms with E-state index < -0.39 is 0 Å². The van der Waals surface area contributed by atoms with Crippen molar-refractivity contribution in [1.29, 1.82) is 0 Å². The number of Topliss-reactive ketones (excluding diaryl/α,β-unsaturated/α-hetero) is 1. The van der Waals surface area contributed by atoms with Gasteiger partial charge in [-0.05, 0) is 31.0 Å². The summed E-state index contributed by atoms with van der Waals surface area (Å²) in [5.41, 5.74) is 1.55. The largest absolute Gasteiger partial charge is 0.326 e. The highest BCUT2D eigenvalue weighted by atomic mass is 32.2. The summed E-state index contributed by atoms with van der Waals surface area (Å²) in [4.78, 5) is 25.5. The van der Waals surface area contributed by atoms with Gasteiger partial charge in [0.25, 0.3) is 0 Å². The summed E-state index contributed by atoms with van der Waals surface area (Å²) in [5.74, 6) is 0.776. The molecule has 3 nitrogen and oxygen atoms in total. The van der Waals surface area contributed by atoms with Gasteiger partial charge >= 0.3 is 0 Å². The summed E-state index contributed by atoms with van der Waals surface area (Å²) < 4.78 is 0. The summed E-state index contributed by atoms with van der Waals surface area (Å²) in [6.45, 7) is 0. The predicted octanol–water partition coefficient (Wildman–Crippen LogP) is 5.18. The molecule has 4 heteroatoms. The van der Waals surface area contributed by atoms with Gasteiger partial charge in [-0.2, -0.15) is 0 Å². The van der Waals surface area contributed by atoms with Crippen LogP contribution in [0.4, 0.5) is 5.69 Å². The second-order valence-corrected chi connectivity index (χ2v) is 7.48. The van der Waals surface area contributed by atoms with E-state index in [4.69, 9.17) is 0 Å². The zero-order chi connectivity index (χ0) is 17.5. The maximum atomic E-state index is 12.4. The van der Waals surface area contributed by atoms with E-state index in [1.165, 1.54) is 18.2 Å². The Morgan fingerprint density at radius 1 is 0.960 bits per heavy atom. The Hall–Kier alpha value is -2.07. The molecule has 2 aromatic rings. The Labute approximate surface area is 153 Å². The van der Waals surface area contributed by atoms with E-state index in [0.29, 0.717) is 5.75 Å². The molecule has 2 aromatic carbocycles. The standard InChI is InChI=1S/C21H23NO2S/c23-20(16-8-3-1-4-9-16)15-25-19-13-7-12-18(14-19)22-21(24)17-10-5-2-6-11-17/h1,3-4,7-9,12-14,17H,2,5-6,10-11,15H2,(H,22,24). The van der Waals surface area contributed by atoms with Gasteiger partial charge in [-0.3, -0.25) is 9.59 Å². The van der Waals surface area contributed by atoms with E-state index in [-0.39, 0.29) is 17.6 Å². The van der Waals surface area contributed by atoms with Gasteiger partial charge < -0.3 is 5.32 Å². The number of carbonyl (C=O) groups excluding carboxylic acids is 2. The average molecular weight is 353 g/mol. The summed E-state index contributed by atoms with van der Waals surface area (Å²) in [5, 5.41) is 3.03. The van der Waals surface area contributed by atoms with Crippen molar-refractivity contribution in [3.05, 3.63) is 60.2 Å². The number of carbonyl (C=O) groups is 2. The van der Waals surface area contributed by atoms with Crippen molar-refractivity contribution in [2.75, 3.05) is 11.1 Å². The van der Waals surface area contributed by atoms with Crippen LogP contribution in [-0.4, -0.2) is 17.4 Å². The topological polar surface area (TPSA) is 46.2 Å². The van der Waals surface area contributed by atoms with E-state index in [2.05, 4.69) is 5.32 Å². The number of hydrogen-bond acceptors (Lipinski definition) is 3. The first kappa shape index (κ1) is 17.7. The Bertz CT molecular complexity index is 724. The molecular weight excluding hydrogens is 330 g/mol. The van der Waals surface area contributed by atoms with Crippen LogP contribution in [0.25, 0.3) is 0 Å². The molecule has 130 valence electrons. The zero-order valence-electron chi connectivity index (χ0n) is 14.2. The monoisotopic (exact) mass is 353 g/mol. The number of amides is 1. The Morgan fingerprint density at radius 2 is 1.72 bits per heavy atom. The molecule has 1 aliphatic rings. The molecule has 0 radical (unpaired) electrons. The smallest absolute Gasteiger partial charge is 0.227 e. The first-order chi connectivity index (χ1) is 12.2. The normalized spacial score (nSPS) is 14.9. The number of nitrogens with one attached hydrogen (secondary N) is 1. The third-order valence-corrected chi connectivity index (χ3v) is 5.54. The van der Waals surface area contributed by atoms with E-state index in [9.17, 15) is 9.59 Å². The number of ketones is 1. The molecule has 0 unspecified atom stereocenters. The molecule has 1 amide bonds. The predicted molar refractivity (Wildman–Crippen MR) is 103 cm³/mol. The maximum absolute atomic E-state index is 12.4. The fourth-order valence-electron chi connectivity index (χ4n) is 3.13. The van der Waals surface area contributed by atoms with Crippen molar-refractivity contribution in [1.82, 2.24) is 0 Å². The van der Waals surface area contributed by atoms with E-state index in [0.717, 1.165) is 41.8 Å². The number of benzene rings is 2. The highest BCUT2D eigenvalue weighted by Gasteiger charge is 2.21. The summed E-state index contributed by atoms with van der Waals surface area (Å²) in [7, 11) is 0. The van der Waals surface area contributed by atoms with E-state index >= 15 is 0 Å². The quantitative estimate of drug-likeness (QED) is 0.575. The lowest BCUT2D eigenvalue weighted by Crippen LogP contribution is -2.24. The Morgan fingerprint density at radius 3 is 2.48 bits per heavy atom. The van der Waals surface area contributed by atoms with Crippen molar-refractivity contribution >= 4 is 29.1 Å². The number of thioether (sulfide) groups is 1. The van der Waals surface area contributed by atoms with Gasteiger partial charge in [0.2, 0.25) is 5.91 Å². The Balaban J connectivity index is 1.56. The zero-order valence-corrected chi connectivity index (χ0v) is 15.1. The van der Waals surface area contributed by atoms with Gasteiger partial charge in [-0.15, -0.1) is 11.8 Å². The van der Waals surface area contributed by atoms with Gasteiger partial charge in [0.05, 0.1) is 5.75 Å². The average Bonchev–Trinajstić information content (AvgIpc) is 2.68. The molecule has 25 heavy (non-hydrogen) atoms. The van der Waals surface area contributed by atoms with E-state index in [1.807, 2.05) is 54.6 Å². The van der Waals surface area contributed by atoms with Crippen molar-refractivity contribution in [3.63, 3.8) is 0 Å². The molecule has 1 aliphatic carbocycles. The molecule has 0 heterocycles. The van der Waals surface area contributed by atoms with Gasteiger partial charge in [0.1, 0.15) is 0 Å². The fourth-order valence-corrected chi connectivity index (χ4v) is 3.98. The maximum Gasteiger partial charge on any atom is 0.227 e. The molecule has 0 aromatic heterocycles. The molecule has 1 N–H and O–H groups in total. The second kappa shape index (κ2) is 8.86.